The second-order valence-corrected chi connectivity index (χ2v) is 4.52. The number of benzene rings is 1. The van der Waals surface area contributed by atoms with Crippen LogP contribution in [0.5, 0.6) is 0 Å². The first kappa shape index (κ1) is 13.2. The lowest BCUT2D eigenvalue weighted by Crippen LogP contribution is -2.04. The minimum absolute atomic E-state index is 0.0522. The van der Waals surface area contributed by atoms with Gasteiger partial charge in [-0.1, -0.05) is 24.3 Å². The maximum Gasteiger partial charge on any atom is 0.303 e. The van der Waals surface area contributed by atoms with E-state index in [-0.39, 0.29) is 6.42 Å². The Hall–Kier alpha value is -2.23. The molecule has 0 aliphatic rings. The van der Waals surface area contributed by atoms with Crippen LogP contribution in [0.4, 0.5) is 0 Å². The highest BCUT2D eigenvalue weighted by Crippen LogP contribution is 2.21. The van der Waals surface area contributed by atoms with Gasteiger partial charge in [0.2, 0.25) is 0 Å². The third kappa shape index (κ3) is 3.37. The van der Waals surface area contributed by atoms with Crippen molar-refractivity contribution in [2.24, 2.45) is 0 Å². The zero-order valence-corrected chi connectivity index (χ0v) is 11.1. The van der Waals surface area contributed by atoms with Crippen LogP contribution in [0, 0.1) is 13.8 Å². The van der Waals surface area contributed by atoms with E-state index in [0.717, 1.165) is 22.5 Å². The Labute approximate surface area is 112 Å². The molecule has 0 fully saturated rings. The Balaban J connectivity index is 2.36. The van der Waals surface area contributed by atoms with Crippen LogP contribution in [0.15, 0.2) is 30.3 Å². The molecule has 98 valence electrons. The Morgan fingerprint density at radius 1 is 1.21 bits per heavy atom. The second kappa shape index (κ2) is 5.61. The average molecular weight is 256 g/mol. The zero-order valence-electron chi connectivity index (χ0n) is 11.1. The van der Waals surface area contributed by atoms with E-state index in [1.807, 2.05) is 44.2 Å². The number of aryl methyl sites for hydroxylation is 3. The number of nitrogens with zero attached hydrogens (tertiary/aromatic N) is 2. The van der Waals surface area contributed by atoms with Crippen molar-refractivity contribution in [3.63, 3.8) is 0 Å². The summed E-state index contributed by atoms with van der Waals surface area (Å²) in [6, 6.07) is 9.92. The number of aliphatic carboxylic acids is 1. The normalized spacial score (nSPS) is 10.4. The van der Waals surface area contributed by atoms with E-state index in [4.69, 9.17) is 5.11 Å². The molecule has 1 aromatic carbocycles. The van der Waals surface area contributed by atoms with Crippen LogP contribution in [0.25, 0.3) is 11.3 Å². The number of carboxylic acid groups (broad SMARTS) is 1. The van der Waals surface area contributed by atoms with E-state index in [9.17, 15) is 4.79 Å². The van der Waals surface area contributed by atoms with Crippen molar-refractivity contribution in [3.05, 3.63) is 47.4 Å². The minimum Gasteiger partial charge on any atom is -0.481 e. The first-order chi connectivity index (χ1) is 9.06. The quantitative estimate of drug-likeness (QED) is 0.913. The van der Waals surface area contributed by atoms with Crippen molar-refractivity contribution in [1.82, 2.24) is 9.97 Å². The zero-order chi connectivity index (χ0) is 13.8. The average Bonchev–Trinajstić information content (AvgIpc) is 2.36. The van der Waals surface area contributed by atoms with Gasteiger partial charge in [-0.05, 0) is 25.5 Å². The van der Waals surface area contributed by atoms with E-state index in [1.165, 1.54) is 0 Å². The monoisotopic (exact) mass is 256 g/mol. The molecule has 0 amide bonds. The third-order valence-electron chi connectivity index (χ3n) is 2.88. The summed E-state index contributed by atoms with van der Waals surface area (Å²) in [5.74, 6) is -0.247. The van der Waals surface area contributed by atoms with E-state index >= 15 is 0 Å². The van der Waals surface area contributed by atoms with E-state index in [0.29, 0.717) is 12.2 Å². The molecule has 2 rings (SSSR count). The fourth-order valence-corrected chi connectivity index (χ4v) is 1.96. The molecule has 0 spiro atoms. The first-order valence-electron chi connectivity index (χ1n) is 6.18. The fourth-order valence-electron chi connectivity index (χ4n) is 1.96. The number of carbonyl (C=O) groups is 1. The highest BCUT2D eigenvalue weighted by molar-refractivity contribution is 5.67. The molecule has 4 nitrogen and oxygen atoms in total. The Morgan fingerprint density at radius 3 is 2.63 bits per heavy atom. The third-order valence-corrected chi connectivity index (χ3v) is 2.88. The maximum atomic E-state index is 10.6. The standard InChI is InChI=1S/C15H16N2O2/c1-10-5-3-4-6-12(10)13-9-11(2)16-14(17-13)7-8-15(18)19/h3-6,9H,7-8H2,1-2H3,(H,18,19). The van der Waals surface area contributed by atoms with Crippen LogP contribution in [0.3, 0.4) is 0 Å². The van der Waals surface area contributed by atoms with Gasteiger partial charge in [0.25, 0.3) is 0 Å². The Kier molecular flexibility index (Phi) is 3.90. The van der Waals surface area contributed by atoms with E-state index < -0.39 is 5.97 Å². The summed E-state index contributed by atoms with van der Waals surface area (Å²) in [4.78, 5) is 19.4. The van der Waals surface area contributed by atoms with Gasteiger partial charge in [-0.25, -0.2) is 9.97 Å². The molecule has 0 unspecified atom stereocenters. The van der Waals surface area contributed by atoms with Gasteiger partial charge in [0.1, 0.15) is 5.82 Å². The molecule has 1 heterocycles. The number of hydrogen-bond acceptors (Lipinski definition) is 3. The summed E-state index contributed by atoms with van der Waals surface area (Å²) in [6.45, 7) is 3.93. The van der Waals surface area contributed by atoms with Crippen molar-refractivity contribution in [3.8, 4) is 11.3 Å². The SMILES string of the molecule is Cc1cc(-c2ccccc2C)nc(CCC(=O)O)n1. The summed E-state index contributed by atoms with van der Waals surface area (Å²) < 4.78 is 0. The minimum atomic E-state index is -0.831. The van der Waals surface area contributed by atoms with E-state index in [1.54, 1.807) is 0 Å². The van der Waals surface area contributed by atoms with Crippen molar-refractivity contribution < 1.29 is 9.90 Å². The van der Waals surface area contributed by atoms with Crippen molar-refractivity contribution in [2.75, 3.05) is 0 Å². The predicted octanol–water partition coefficient (Wildman–Crippen LogP) is 2.78. The second-order valence-electron chi connectivity index (χ2n) is 4.52. The lowest BCUT2D eigenvalue weighted by molar-refractivity contribution is -0.137. The number of rotatable bonds is 4. The maximum absolute atomic E-state index is 10.6. The van der Waals surface area contributed by atoms with Gasteiger partial charge in [-0.3, -0.25) is 4.79 Å². The van der Waals surface area contributed by atoms with Gasteiger partial charge < -0.3 is 5.11 Å². The molecule has 4 heteroatoms. The molecule has 0 saturated heterocycles. The highest BCUT2D eigenvalue weighted by Gasteiger charge is 2.08. The summed E-state index contributed by atoms with van der Waals surface area (Å²) in [7, 11) is 0. The lowest BCUT2D eigenvalue weighted by Gasteiger charge is -2.08. The van der Waals surface area contributed by atoms with Crippen LogP contribution >= 0.6 is 0 Å². The van der Waals surface area contributed by atoms with Gasteiger partial charge in [-0.2, -0.15) is 0 Å². The number of carboxylic acids is 1. The molecular formula is C15H16N2O2. The van der Waals surface area contributed by atoms with Crippen molar-refractivity contribution in [1.29, 1.82) is 0 Å². The van der Waals surface area contributed by atoms with Crippen molar-refractivity contribution >= 4 is 5.97 Å². The molecule has 0 saturated carbocycles. The summed E-state index contributed by atoms with van der Waals surface area (Å²) >= 11 is 0. The van der Waals surface area contributed by atoms with Crippen LogP contribution in [0.2, 0.25) is 0 Å². The fraction of sp³-hybridized carbons (Fsp3) is 0.267. The summed E-state index contributed by atoms with van der Waals surface area (Å²) in [6.07, 6.45) is 0.409. The smallest absolute Gasteiger partial charge is 0.303 e. The summed E-state index contributed by atoms with van der Waals surface area (Å²) in [5.41, 5.74) is 3.91. The highest BCUT2D eigenvalue weighted by atomic mass is 16.4. The molecule has 0 aliphatic heterocycles. The molecule has 19 heavy (non-hydrogen) atoms. The van der Waals surface area contributed by atoms with Crippen LogP contribution in [-0.4, -0.2) is 21.0 Å². The van der Waals surface area contributed by atoms with Gasteiger partial charge in [0.05, 0.1) is 12.1 Å². The molecule has 2 aromatic rings. The molecular weight excluding hydrogens is 240 g/mol. The molecule has 1 aromatic heterocycles. The van der Waals surface area contributed by atoms with Crippen LogP contribution < -0.4 is 0 Å². The predicted molar refractivity (Wildman–Crippen MR) is 72.9 cm³/mol. The topological polar surface area (TPSA) is 63.1 Å². The molecule has 0 bridgehead atoms. The first-order valence-corrected chi connectivity index (χ1v) is 6.18. The molecule has 0 aliphatic carbocycles. The lowest BCUT2D eigenvalue weighted by atomic mass is 10.1. The van der Waals surface area contributed by atoms with Crippen LogP contribution in [-0.2, 0) is 11.2 Å². The van der Waals surface area contributed by atoms with Gasteiger partial charge in [0, 0.05) is 17.7 Å². The van der Waals surface area contributed by atoms with Gasteiger partial charge in [0.15, 0.2) is 0 Å². The number of aromatic nitrogens is 2. The number of hydrogen-bond donors (Lipinski definition) is 1. The largest absolute Gasteiger partial charge is 0.481 e. The van der Waals surface area contributed by atoms with Crippen LogP contribution in [0.1, 0.15) is 23.5 Å². The van der Waals surface area contributed by atoms with Crippen molar-refractivity contribution in [2.45, 2.75) is 26.7 Å². The molecule has 1 N–H and O–H groups in total. The molecule has 0 atom stereocenters. The summed E-state index contributed by atoms with van der Waals surface area (Å²) in [5, 5.41) is 8.72. The molecule has 0 radical (unpaired) electrons. The van der Waals surface area contributed by atoms with E-state index in [2.05, 4.69) is 9.97 Å². The van der Waals surface area contributed by atoms with Gasteiger partial charge in [-0.15, -0.1) is 0 Å². The Bertz CT molecular complexity index is 609. The van der Waals surface area contributed by atoms with Gasteiger partial charge >= 0.3 is 5.97 Å². The Morgan fingerprint density at radius 2 is 1.95 bits per heavy atom.